The Balaban J connectivity index is 2.07. The molecule has 2 rings (SSSR count). The van der Waals surface area contributed by atoms with Crippen molar-refractivity contribution < 1.29 is 0 Å². The Hall–Kier alpha value is -1.08. The van der Waals surface area contributed by atoms with Gasteiger partial charge in [-0.25, -0.2) is 0 Å². The van der Waals surface area contributed by atoms with Crippen molar-refractivity contribution in [3.63, 3.8) is 0 Å². The van der Waals surface area contributed by atoms with E-state index in [1.165, 1.54) is 31.2 Å². The second-order valence-electron chi connectivity index (χ2n) is 4.61. The maximum absolute atomic E-state index is 3.78. The largest absolute Gasteiger partial charge is 0.310 e. The molecule has 0 radical (unpaired) electrons. The first-order valence-electron chi connectivity index (χ1n) is 6.31. The fraction of sp³-hybridized carbons (Fsp3) is 0.467. The molecule has 1 fully saturated rings. The fourth-order valence-corrected chi connectivity index (χ4v) is 2.71. The van der Waals surface area contributed by atoms with E-state index in [0.29, 0.717) is 12.0 Å². The van der Waals surface area contributed by atoms with Crippen LogP contribution in [0.5, 0.6) is 0 Å². The molecule has 0 spiro atoms. The number of benzene rings is 1. The number of hydrogen-bond acceptors (Lipinski definition) is 1. The molecule has 1 aromatic rings. The number of rotatable bonds is 4. The molecule has 1 nitrogen and oxygen atoms in total. The predicted octanol–water partition coefficient (Wildman–Crippen LogP) is 3.49. The molecule has 1 heteroatoms. The van der Waals surface area contributed by atoms with Gasteiger partial charge in [0.25, 0.3) is 0 Å². The van der Waals surface area contributed by atoms with Crippen LogP contribution in [0.2, 0.25) is 0 Å². The highest BCUT2D eigenvalue weighted by molar-refractivity contribution is 5.22. The Morgan fingerprint density at radius 3 is 2.69 bits per heavy atom. The van der Waals surface area contributed by atoms with Crippen molar-refractivity contribution in [2.24, 2.45) is 0 Å². The quantitative estimate of drug-likeness (QED) is 0.758. The number of hydrogen-bond donors (Lipinski definition) is 1. The van der Waals surface area contributed by atoms with Crippen molar-refractivity contribution in [3.8, 4) is 0 Å². The second kappa shape index (κ2) is 5.86. The average Bonchev–Trinajstić information content (AvgIpc) is 2.38. The summed E-state index contributed by atoms with van der Waals surface area (Å²) < 4.78 is 0. The first-order valence-corrected chi connectivity index (χ1v) is 6.31. The standard InChI is InChI=1S/C15H21N/c1-2-12-16-15-11-7-6-10-14(15)13-8-4-3-5-9-13/h2-5,8-9,14-16H,1,6-7,10-12H2. The van der Waals surface area contributed by atoms with Gasteiger partial charge in [-0.3, -0.25) is 0 Å². The lowest BCUT2D eigenvalue weighted by Gasteiger charge is -2.32. The summed E-state index contributed by atoms with van der Waals surface area (Å²) in [7, 11) is 0. The molecule has 86 valence electrons. The van der Waals surface area contributed by atoms with Crippen molar-refractivity contribution >= 4 is 0 Å². The smallest absolute Gasteiger partial charge is 0.0139 e. The molecular weight excluding hydrogens is 194 g/mol. The zero-order valence-corrected chi connectivity index (χ0v) is 9.86. The third-order valence-electron chi connectivity index (χ3n) is 3.52. The molecule has 0 amide bonds. The van der Waals surface area contributed by atoms with Crippen LogP contribution in [-0.4, -0.2) is 12.6 Å². The lowest BCUT2D eigenvalue weighted by molar-refractivity contribution is 0.336. The van der Waals surface area contributed by atoms with Crippen LogP contribution < -0.4 is 5.32 Å². The predicted molar refractivity (Wildman–Crippen MR) is 69.6 cm³/mol. The summed E-state index contributed by atoms with van der Waals surface area (Å²) in [5.41, 5.74) is 1.49. The minimum Gasteiger partial charge on any atom is -0.310 e. The molecule has 0 aromatic heterocycles. The molecule has 0 bridgehead atoms. The van der Waals surface area contributed by atoms with E-state index in [1.54, 1.807) is 0 Å². The van der Waals surface area contributed by atoms with Crippen molar-refractivity contribution in [2.45, 2.75) is 37.6 Å². The van der Waals surface area contributed by atoms with Crippen molar-refractivity contribution in [1.82, 2.24) is 5.32 Å². The van der Waals surface area contributed by atoms with Crippen molar-refractivity contribution in [2.75, 3.05) is 6.54 Å². The van der Waals surface area contributed by atoms with Gasteiger partial charge in [-0.2, -0.15) is 0 Å². The molecule has 16 heavy (non-hydrogen) atoms. The Morgan fingerprint density at radius 2 is 1.94 bits per heavy atom. The second-order valence-corrected chi connectivity index (χ2v) is 4.61. The monoisotopic (exact) mass is 215 g/mol. The lowest BCUT2D eigenvalue weighted by atomic mass is 9.80. The summed E-state index contributed by atoms with van der Waals surface area (Å²) in [5, 5.41) is 3.60. The van der Waals surface area contributed by atoms with Gasteiger partial charge in [-0.15, -0.1) is 6.58 Å². The number of nitrogens with one attached hydrogen (secondary N) is 1. The minimum atomic E-state index is 0.633. The fourth-order valence-electron chi connectivity index (χ4n) is 2.71. The van der Waals surface area contributed by atoms with Gasteiger partial charge < -0.3 is 5.32 Å². The molecule has 0 heterocycles. The minimum absolute atomic E-state index is 0.633. The third kappa shape index (κ3) is 2.73. The molecule has 1 aromatic carbocycles. The molecule has 2 unspecified atom stereocenters. The molecule has 1 N–H and O–H groups in total. The van der Waals surface area contributed by atoms with Gasteiger partial charge in [0.1, 0.15) is 0 Å². The van der Waals surface area contributed by atoms with Crippen LogP contribution in [0.3, 0.4) is 0 Å². The maximum Gasteiger partial charge on any atom is 0.0139 e. The molecule has 1 aliphatic rings. The molecule has 1 saturated carbocycles. The topological polar surface area (TPSA) is 12.0 Å². The Labute approximate surface area is 98.6 Å². The lowest BCUT2D eigenvalue weighted by Crippen LogP contribution is -2.37. The molecular formula is C15H21N. The normalized spacial score (nSPS) is 25.2. The van der Waals surface area contributed by atoms with E-state index >= 15 is 0 Å². The van der Waals surface area contributed by atoms with Crippen LogP contribution in [0.15, 0.2) is 43.0 Å². The van der Waals surface area contributed by atoms with Crippen LogP contribution in [0.1, 0.15) is 37.2 Å². The zero-order chi connectivity index (χ0) is 11.2. The first kappa shape index (κ1) is 11.4. The van der Waals surface area contributed by atoms with Gasteiger partial charge in [0.15, 0.2) is 0 Å². The summed E-state index contributed by atoms with van der Waals surface area (Å²) in [6, 6.07) is 11.5. The average molecular weight is 215 g/mol. The van der Waals surface area contributed by atoms with Crippen molar-refractivity contribution in [3.05, 3.63) is 48.6 Å². The van der Waals surface area contributed by atoms with Crippen LogP contribution >= 0.6 is 0 Å². The van der Waals surface area contributed by atoms with E-state index in [-0.39, 0.29) is 0 Å². The van der Waals surface area contributed by atoms with Gasteiger partial charge in [-0.1, -0.05) is 49.2 Å². The van der Waals surface area contributed by atoms with Crippen LogP contribution in [0.4, 0.5) is 0 Å². The summed E-state index contributed by atoms with van der Waals surface area (Å²) in [4.78, 5) is 0. The van der Waals surface area contributed by atoms with E-state index in [4.69, 9.17) is 0 Å². The third-order valence-corrected chi connectivity index (χ3v) is 3.52. The Bertz CT molecular complexity index is 317. The van der Waals surface area contributed by atoms with E-state index in [2.05, 4.69) is 42.2 Å². The van der Waals surface area contributed by atoms with E-state index < -0.39 is 0 Å². The van der Waals surface area contributed by atoms with Gasteiger partial charge in [-0.05, 0) is 24.3 Å². The molecule has 1 aliphatic carbocycles. The Morgan fingerprint density at radius 1 is 1.19 bits per heavy atom. The van der Waals surface area contributed by atoms with Gasteiger partial charge >= 0.3 is 0 Å². The highest BCUT2D eigenvalue weighted by Crippen LogP contribution is 2.32. The highest BCUT2D eigenvalue weighted by Gasteiger charge is 2.25. The highest BCUT2D eigenvalue weighted by atomic mass is 14.9. The molecule has 0 saturated heterocycles. The van der Waals surface area contributed by atoms with E-state index in [1.807, 2.05) is 6.08 Å². The summed E-state index contributed by atoms with van der Waals surface area (Å²) in [6.07, 6.45) is 7.30. The summed E-state index contributed by atoms with van der Waals surface area (Å²) in [5.74, 6) is 0.690. The SMILES string of the molecule is C=CCNC1CCCCC1c1ccccc1. The maximum atomic E-state index is 3.78. The van der Waals surface area contributed by atoms with E-state index in [9.17, 15) is 0 Å². The van der Waals surface area contributed by atoms with Crippen LogP contribution in [0, 0.1) is 0 Å². The van der Waals surface area contributed by atoms with Crippen molar-refractivity contribution in [1.29, 1.82) is 0 Å². The molecule has 0 aliphatic heterocycles. The summed E-state index contributed by atoms with van der Waals surface area (Å²) in [6.45, 7) is 4.70. The first-order chi connectivity index (χ1) is 7.92. The van der Waals surface area contributed by atoms with Crippen LogP contribution in [-0.2, 0) is 0 Å². The van der Waals surface area contributed by atoms with Crippen LogP contribution in [0.25, 0.3) is 0 Å². The van der Waals surface area contributed by atoms with Gasteiger partial charge in [0.05, 0.1) is 0 Å². The van der Waals surface area contributed by atoms with Gasteiger partial charge in [0.2, 0.25) is 0 Å². The van der Waals surface area contributed by atoms with Gasteiger partial charge in [0, 0.05) is 12.6 Å². The molecule has 2 atom stereocenters. The summed E-state index contributed by atoms with van der Waals surface area (Å²) >= 11 is 0. The van der Waals surface area contributed by atoms with E-state index in [0.717, 1.165) is 6.54 Å². The zero-order valence-electron chi connectivity index (χ0n) is 9.86. The Kier molecular flexibility index (Phi) is 4.17.